The molecule has 3 heterocycles. The van der Waals surface area contributed by atoms with E-state index in [1.165, 1.54) is 27.4 Å². The highest BCUT2D eigenvalue weighted by Crippen LogP contribution is 2.34. The number of aromatic nitrogens is 5. The van der Waals surface area contributed by atoms with Gasteiger partial charge >= 0.3 is 0 Å². The summed E-state index contributed by atoms with van der Waals surface area (Å²) in [4.78, 5) is 3.56. The second kappa shape index (κ2) is 10.7. The predicted octanol–water partition coefficient (Wildman–Crippen LogP) is 3.86. The van der Waals surface area contributed by atoms with Crippen molar-refractivity contribution in [3.63, 3.8) is 0 Å². The molecule has 0 bridgehead atoms. The van der Waals surface area contributed by atoms with Crippen LogP contribution in [0.5, 0.6) is 5.75 Å². The van der Waals surface area contributed by atoms with Gasteiger partial charge in [0, 0.05) is 44.7 Å². The third kappa shape index (κ3) is 5.21. The summed E-state index contributed by atoms with van der Waals surface area (Å²) in [5.41, 5.74) is 4.77. The molecule has 3 aromatic carbocycles. The van der Waals surface area contributed by atoms with Gasteiger partial charge in [0.15, 0.2) is 0 Å². The van der Waals surface area contributed by atoms with Gasteiger partial charge in [0.2, 0.25) is 5.03 Å². The summed E-state index contributed by atoms with van der Waals surface area (Å²) in [5, 5.41) is 13.5. The number of rotatable bonds is 7. The van der Waals surface area contributed by atoms with Crippen molar-refractivity contribution in [1.82, 2.24) is 34.0 Å². The van der Waals surface area contributed by atoms with Crippen LogP contribution in [0.3, 0.4) is 0 Å². The molecule has 0 saturated carbocycles. The van der Waals surface area contributed by atoms with Gasteiger partial charge in [-0.05, 0) is 72.1 Å². The number of hydrogen-bond acceptors (Lipinski definition) is 7. The van der Waals surface area contributed by atoms with Gasteiger partial charge in [-0.1, -0.05) is 12.1 Å². The van der Waals surface area contributed by atoms with Crippen LogP contribution in [0.25, 0.3) is 16.6 Å². The molecule has 1 aliphatic heterocycles. The van der Waals surface area contributed by atoms with Crippen LogP contribution in [0.2, 0.25) is 0 Å². The number of nitrogens with zero attached hydrogens (tertiary/aromatic N) is 7. The number of halogens is 1. The first-order valence-electron chi connectivity index (χ1n) is 13.2. The second-order valence-electron chi connectivity index (χ2n) is 10.2. The number of benzene rings is 3. The van der Waals surface area contributed by atoms with E-state index in [9.17, 15) is 12.8 Å². The number of piperazine rings is 1. The van der Waals surface area contributed by atoms with Gasteiger partial charge in [-0.2, -0.15) is 19.3 Å². The van der Waals surface area contributed by atoms with E-state index in [1.807, 2.05) is 31.2 Å². The molecule has 0 amide bonds. The van der Waals surface area contributed by atoms with Crippen molar-refractivity contribution in [2.45, 2.75) is 24.5 Å². The van der Waals surface area contributed by atoms with Crippen molar-refractivity contribution in [2.24, 2.45) is 7.05 Å². The van der Waals surface area contributed by atoms with Crippen LogP contribution >= 0.6 is 0 Å². The lowest BCUT2D eigenvalue weighted by atomic mass is 9.96. The van der Waals surface area contributed by atoms with Crippen molar-refractivity contribution >= 4 is 20.9 Å². The Morgan fingerprint density at radius 1 is 1.00 bits per heavy atom. The molecule has 12 heteroatoms. The van der Waals surface area contributed by atoms with Crippen molar-refractivity contribution in [2.75, 3.05) is 26.7 Å². The van der Waals surface area contributed by atoms with E-state index in [0.717, 1.165) is 39.0 Å². The summed E-state index contributed by atoms with van der Waals surface area (Å²) >= 11 is 0. The Hall–Kier alpha value is -4.13. The third-order valence-corrected chi connectivity index (χ3v) is 9.29. The van der Waals surface area contributed by atoms with Gasteiger partial charge < -0.3 is 4.74 Å². The van der Waals surface area contributed by atoms with Gasteiger partial charge in [0.25, 0.3) is 10.0 Å². The zero-order valence-electron chi connectivity index (χ0n) is 23.0. The fourth-order valence-corrected chi connectivity index (χ4v) is 6.71. The smallest absolute Gasteiger partial charge is 0.264 e. The van der Waals surface area contributed by atoms with Crippen molar-refractivity contribution in [1.29, 1.82) is 0 Å². The van der Waals surface area contributed by atoms with Gasteiger partial charge in [-0.3, -0.25) is 4.90 Å². The summed E-state index contributed by atoms with van der Waals surface area (Å²) in [6.45, 7) is 3.78. The van der Waals surface area contributed by atoms with Gasteiger partial charge in [0.05, 0.1) is 30.7 Å². The fourth-order valence-electron chi connectivity index (χ4n) is 5.38. The van der Waals surface area contributed by atoms with Crippen molar-refractivity contribution < 1.29 is 17.5 Å². The zero-order valence-corrected chi connectivity index (χ0v) is 23.8. The average molecular weight is 576 g/mol. The highest BCUT2D eigenvalue weighted by atomic mass is 32.2. The van der Waals surface area contributed by atoms with E-state index < -0.39 is 10.0 Å². The summed E-state index contributed by atoms with van der Waals surface area (Å²) in [5.74, 6) is 0.476. The van der Waals surface area contributed by atoms with Crippen LogP contribution in [0.1, 0.15) is 22.7 Å². The number of hydrogen-bond donors (Lipinski definition) is 0. The molecule has 0 spiro atoms. The average Bonchev–Trinajstić information content (AvgIpc) is 3.60. The normalized spacial score (nSPS) is 16.8. The molecule has 1 atom stereocenters. The van der Waals surface area contributed by atoms with Crippen molar-refractivity contribution in [3.05, 3.63) is 95.6 Å². The highest BCUT2D eigenvalue weighted by molar-refractivity contribution is 7.89. The van der Waals surface area contributed by atoms with Gasteiger partial charge in [-0.25, -0.2) is 17.5 Å². The van der Waals surface area contributed by atoms with E-state index in [4.69, 9.17) is 4.74 Å². The monoisotopic (exact) mass is 575 g/mol. The maximum Gasteiger partial charge on any atom is 0.264 e. The van der Waals surface area contributed by atoms with Gasteiger partial charge in [-0.15, -0.1) is 5.10 Å². The quantitative estimate of drug-likeness (QED) is 0.291. The van der Waals surface area contributed by atoms with Gasteiger partial charge in [0.1, 0.15) is 11.6 Å². The minimum atomic E-state index is -3.83. The number of fused-ring (bicyclic) bond motifs is 1. The first-order chi connectivity index (χ1) is 19.7. The lowest BCUT2D eigenvalue weighted by molar-refractivity contribution is 0.110. The summed E-state index contributed by atoms with van der Waals surface area (Å²) in [7, 11) is -0.595. The molecule has 1 aliphatic rings. The Morgan fingerprint density at radius 2 is 1.76 bits per heavy atom. The van der Waals surface area contributed by atoms with Crippen LogP contribution in [-0.4, -0.2) is 69.1 Å². The molecule has 1 saturated heterocycles. The summed E-state index contributed by atoms with van der Waals surface area (Å²) in [6.07, 6.45) is 3.07. The molecule has 5 aromatic rings. The van der Waals surface area contributed by atoms with Crippen LogP contribution in [0, 0.1) is 12.7 Å². The number of methoxy groups -OCH3 is 1. The Bertz CT molecular complexity index is 1800. The van der Waals surface area contributed by atoms with E-state index in [0.29, 0.717) is 19.6 Å². The zero-order chi connectivity index (χ0) is 28.7. The fraction of sp³-hybridized carbons (Fsp3) is 0.276. The number of ether oxygens (including phenoxy) is 1. The maximum absolute atomic E-state index is 13.5. The Balaban J connectivity index is 1.38. The Labute approximate surface area is 237 Å². The summed E-state index contributed by atoms with van der Waals surface area (Å²) in [6, 6.07) is 18.0. The van der Waals surface area contributed by atoms with E-state index in [1.54, 1.807) is 37.2 Å². The van der Waals surface area contributed by atoms with E-state index in [-0.39, 0.29) is 23.4 Å². The first kappa shape index (κ1) is 27.1. The third-order valence-electron chi connectivity index (χ3n) is 7.57. The van der Waals surface area contributed by atoms with Crippen LogP contribution in [0.4, 0.5) is 4.39 Å². The largest absolute Gasteiger partial charge is 0.497 e. The maximum atomic E-state index is 13.5. The molecule has 0 N–H and O–H groups in total. The Kier molecular flexibility index (Phi) is 7.06. The molecule has 1 unspecified atom stereocenters. The highest BCUT2D eigenvalue weighted by Gasteiger charge is 2.37. The molecule has 1 fully saturated rings. The molecule has 0 aliphatic carbocycles. The second-order valence-corrected chi connectivity index (χ2v) is 12.1. The minimum absolute atomic E-state index is 0.0601. The first-order valence-corrected chi connectivity index (χ1v) is 14.6. The molecule has 0 radical (unpaired) electrons. The molecular weight excluding hydrogens is 545 g/mol. The molecule has 10 nitrogen and oxygen atoms in total. The SMILES string of the molecule is COc1ccc(CN2CCN(S(=O)(=O)c3cnn(C)n3)CC2c2cc3cnn(-c4ccc(F)cc4)c3cc2C)cc1. The van der Waals surface area contributed by atoms with Crippen LogP contribution < -0.4 is 4.74 Å². The molecule has 6 rings (SSSR count). The Morgan fingerprint density at radius 3 is 2.44 bits per heavy atom. The molecule has 41 heavy (non-hydrogen) atoms. The van der Waals surface area contributed by atoms with Crippen LogP contribution in [0.15, 0.2) is 78.1 Å². The number of sulfonamides is 1. The van der Waals surface area contributed by atoms with Crippen molar-refractivity contribution in [3.8, 4) is 11.4 Å². The minimum Gasteiger partial charge on any atom is -0.497 e. The molecular formula is C29H30FN7O3S. The van der Waals surface area contributed by atoms with Crippen LogP contribution in [-0.2, 0) is 23.6 Å². The standard InChI is InChI=1S/C29H30FN7O3S/c1-20-14-27-22(16-32-37(27)24-8-6-23(30)7-9-24)15-26(20)28-19-36(41(38,39)29-17-31-34(2)33-29)13-12-35(28)18-21-4-10-25(40-3)11-5-21/h4-11,14-17,28H,12-13,18-19H2,1-3H3. The number of aryl methyl sites for hydroxylation is 2. The topological polar surface area (TPSA) is 98.4 Å². The molecule has 2 aromatic heterocycles. The van der Waals surface area contributed by atoms with E-state index >= 15 is 0 Å². The lowest BCUT2D eigenvalue weighted by Crippen LogP contribution is -2.50. The molecule has 212 valence electrons. The van der Waals surface area contributed by atoms with E-state index in [2.05, 4.69) is 32.3 Å². The summed E-state index contributed by atoms with van der Waals surface area (Å²) < 4.78 is 49.2. The lowest BCUT2D eigenvalue weighted by Gasteiger charge is -2.41. The predicted molar refractivity (Wildman–Crippen MR) is 152 cm³/mol.